The summed E-state index contributed by atoms with van der Waals surface area (Å²) in [7, 11) is 0. The van der Waals surface area contributed by atoms with Crippen LogP contribution < -0.4 is 5.32 Å². The predicted octanol–water partition coefficient (Wildman–Crippen LogP) is 4.26. The summed E-state index contributed by atoms with van der Waals surface area (Å²) in [5.41, 5.74) is 2.00. The second-order valence-electron chi connectivity index (χ2n) is 5.31. The van der Waals surface area contributed by atoms with Crippen LogP contribution in [0.1, 0.15) is 10.4 Å². The number of carbonyl (C=O) groups is 1. The molecule has 4 aromatic rings. The van der Waals surface area contributed by atoms with E-state index >= 15 is 0 Å². The molecule has 25 heavy (non-hydrogen) atoms. The molecule has 0 aliphatic rings. The minimum Gasteiger partial charge on any atom is -0.304 e. The summed E-state index contributed by atoms with van der Waals surface area (Å²) >= 11 is 8.38. The number of anilines is 1. The summed E-state index contributed by atoms with van der Waals surface area (Å²) in [4.78, 5) is 12.5. The number of hydrogen-bond acceptors (Lipinski definition) is 3. The van der Waals surface area contributed by atoms with Crippen LogP contribution in [0.25, 0.3) is 16.6 Å². The maximum Gasteiger partial charge on any atom is 0.260 e. The number of para-hydroxylation sites is 1. The van der Waals surface area contributed by atoms with E-state index in [-0.39, 0.29) is 5.91 Å². The number of halogens is 2. The number of fused-ring (bicyclic) bond motifs is 1. The molecule has 2 aromatic heterocycles. The number of benzene rings is 2. The van der Waals surface area contributed by atoms with Crippen molar-refractivity contribution in [3.8, 4) is 5.69 Å². The number of hydrogen-bond donors (Lipinski definition) is 2. The van der Waals surface area contributed by atoms with Gasteiger partial charge in [0.1, 0.15) is 0 Å². The molecule has 0 fully saturated rings. The molecule has 124 valence electrons. The molecule has 4 rings (SSSR count). The van der Waals surface area contributed by atoms with Gasteiger partial charge in [0.05, 0.1) is 33.4 Å². The molecule has 0 saturated heterocycles. The fourth-order valence-corrected chi connectivity index (χ4v) is 3.49. The normalized spacial score (nSPS) is 11.0. The molecular weight excluding hydrogens is 453 g/mol. The highest BCUT2D eigenvalue weighted by Crippen LogP contribution is 2.26. The van der Waals surface area contributed by atoms with Crippen molar-refractivity contribution >= 4 is 56.8 Å². The Morgan fingerprint density at radius 3 is 2.88 bits per heavy atom. The summed E-state index contributed by atoms with van der Waals surface area (Å²) in [6, 6.07) is 13.1. The Morgan fingerprint density at radius 1 is 1.20 bits per heavy atom. The van der Waals surface area contributed by atoms with Crippen molar-refractivity contribution < 1.29 is 4.79 Å². The fourth-order valence-electron chi connectivity index (χ4n) is 2.51. The Kier molecular flexibility index (Phi) is 4.18. The average Bonchev–Trinajstić information content (AvgIpc) is 3.24. The highest BCUT2D eigenvalue weighted by Gasteiger charge is 2.15. The number of nitrogens with zero attached hydrogens (tertiary/aromatic N) is 3. The largest absolute Gasteiger partial charge is 0.304 e. The lowest BCUT2D eigenvalue weighted by molar-refractivity contribution is 0.102. The highest BCUT2D eigenvalue weighted by molar-refractivity contribution is 14.1. The molecule has 0 unspecified atom stereocenters. The molecule has 0 bridgehead atoms. The molecule has 2 heterocycles. The van der Waals surface area contributed by atoms with Gasteiger partial charge in [-0.15, -0.1) is 0 Å². The van der Waals surface area contributed by atoms with E-state index in [4.69, 9.17) is 11.6 Å². The van der Waals surface area contributed by atoms with E-state index in [0.29, 0.717) is 22.1 Å². The van der Waals surface area contributed by atoms with Crippen LogP contribution in [0.15, 0.2) is 54.9 Å². The van der Waals surface area contributed by atoms with Crippen LogP contribution in [-0.2, 0) is 0 Å². The molecule has 2 aromatic carbocycles. The summed E-state index contributed by atoms with van der Waals surface area (Å²) in [5, 5.41) is 15.6. The molecule has 0 aliphatic heterocycles. The minimum atomic E-state index is -0.286. The van der Waals surface area contributed by atoms with Crippen molar-refractivity contribution in [2.24, 2.45) is 0 Å². The van der Waals surface area contributed by atoms with E-state index in [1.54, 1.807) is 16.9 Å². The summed E-state index contributed by atoms with van der Waals surface area (Å²) in [6.45, 7) is 0. The van der Waals surface area contributed by atoms with Gasteiger partial charge in [0, 0.05) is 9.77 Å². The highest BCUT2D eigenvalue weighted by atomic mass is 127. The van der Waals surface area contributed by atoms with Crippen LogP contribution in [0, 0.1) is 3.57 Å². The van der Waals surface area contributed by atoms with Crippen molar-refractivity contribution in [3.63, 3.8) is 0 Å². The van der Waals surface area contributed by atoms with Gasteiger partial charge in [0.25, 0.3) is 5.91 Å². The van der Waals surface area contributed by atoms with Crippen molar-refractivity contribution in [3.05, 3.63) is 69.0 Å². The third-order valence-corrected chi connectivity index (χ3v) is 4.93. The standard InChI is InChI=1S/C17H11ClIN5O/c18-11-4-1-2-7-14(11)24-9-10(8-20-24)17(25)21-16-15-12(19)5-3-6-13(15)22-23-16/h1-9H,(H2,21,22,23,25). The van der Waals surface area contributed by atoms with Gasteiger partial charge in [0.15, 0.2) is 5.82 Å². The third-order valence-electron chi connectivity index (χ3n) is 3.71. The second kappa shape index (κ2) is 6.49. The van der Waals surface area contributed by atoms with E-state index in [0.717, 1.165) is 14.5 Å². The molecule has 0 atom stereocenters. The molecule has 1 amide bonds. The van der Waals surface area contributed by atoms with E-state index in [9.17, 15) is 4.79 Å². The van der Waals surface area contributed by atoms with Gasteiger partial charge in [0.2, 0.25) is 0 Å². The SMILES string of the molecule is O=C(Nc1n[nH]c2cccc(I)c12)c1cnn(-c2ccccc2Cl)c1. The number of H-pyrrole nitrogens is 1. The van der Waals surface area contributed by atoms with Crippen molar-refractivity contribution in [2.75, 3.05) is 5.32 Å². The second-order valence-corrected chi connectivity index (χ2v) is 6.88. The topological polar surface area (TPSA) is 75.6 Å². The van der Waals surface area contributed by atoms with Crippen molar-refractivity contribution in [1.29, 1.82) is 0 Å². The van der Waals surface area contributed by atoms with Crippen LogP contribution in [0.4, 0.5) is 5.82 Å². The molecule has 6 nitrogen and oxygen atoms in total. The van der Waals surface area contributed by atoms with Gasteiger partial charge in [-0.3, -0.25) is 9.89 Å². The van der Waals surface area contributed by atoms with Gasteiger partial charge < -0.3 is 5.32 Å². The molecule has 2 N–H and O–H groups in total. The minimum absolute atomic E-state index is 0.286. The number of amides is 1. The summed E-state index contributed by atoms with van der Waals surface area (Å²) in [5.74, 6) is 0.210. The molecule has 0 aliphatic carbocycles. The Bertz CT molecular complexity index is 1090. The van der Waals surface area contributed by atoms with E-state index in [2.05, 4.69) is 43.2 Å². The van der Waals surface area contributed by atoms with Gasteiger partial charge >= 0.3 is 0 Å². The maximum absolute atomic E-state index is 12.5. The number of carbonyl (C=O) groups excluding carboxylic acids is 1. The Hall–Kier alpha value is -2.39. The first kappa shape index (κ1) is 16.1. The fraction of sp³-hybridized carbons (Fsp3) is 0. The first-order valence-electron chi connectivity index (χ1n) is 7.37. The average molecular weight is 464 g/mol. The van der Waals surface area contributed by atoms with Gasteiger partial charge in [-0.1, -0.05) is 29.8 Å². The van der Waals surface area contributed by atoms with Crippen LogP contribution in [0.5, 0.6) is 0 Å². The monoisotopic (exact) mass is 463 g/mol. The lowest BCUT2D eigenvalue weighted by atomic mass is 10.2. The van der Waals surface area contributed by atoms with E-state index in [1.807, 2.05) is 36.4 Å². The Labute approximate surface area is 161 Å². The smallest absolute Gasteiger partial charge is 0.260 e. The number of rotatable bonds is 3. The molecule has 0 spiro atoms. The van der Waals surface area contributed by atoms with Crippen molar-refractivity contribution in [2.45, 2.75) is 0 Å². The van der Waals surface area contributed by atoms with Gasteiger partial charge in [-0.2, -0.15) is 10.2 Å². The number of aromatic nitrogens is 4. The molecule has 8 heteroatoms. The first-order chi connectivity index (χ1) is 12.1. The van der Waals surface area contributed by atoms with Gasteiger partial charge in [-0.25, -0.2) is 4.68 Å². The molecule has 0 saturated carbocycles. The first-order valence-corrected chi connectivity index (χ1v) is 8.82. The quantitative estimate of drug-likeness (QED) is 0.446. The number of nitrogens with one attached hydrogen (secondary N) is 2. The zero-order chi connectivity index (χ0) is 17.4. The lowest BCUT2D eigenvalue weighted by Crippen LogP contribution is -2.11. The van der Waals surface area contributed by atoms with Crippen LogP contribution in [0.2, 0.25) is 5.02 Å². The summed E-state index contributed by atoms with van der Waals surface area (Å²) < 4.78 is 2.58. The van der Waals surface area contributed by atoms with Crippen LogP contribution in [0.3, 0.4) is 0 Å². The molecule has 0 radical (unpaired) electrons. The van der Waals surface area contributed by atoms with Crippen LogP contribution >= 0.6 is 34.2 Å². The van der Waals surface area contributed by atoms with E-state index < -0.39 is 0 Å². The predicted molar refractivity (Wildman–Crippen MR) is 105 cm³/mol. The zero-order valence-corrected chi connectivity index (χ0v) is 15.6. The van der Waals surface area contributed by atoms with E-state index in [1.165, 1.54) is 6.20 Å². The lowest BCUT2D eigenvalue weighted by Gasteiger charge is -2.03. The number of aromatic amines is 1. The molecular formula is C17H11ClIN5O. The maximum atomic E-state index is 12.5. The van der Waals surface area contributed by atoms with Crippen LogP contribution in [-0.4, -0.2) is 25.9 Å². The Balaban J connectivity index is 1.63. The Morgan fingerprint density at radius 2 is 2.04 bits per heavy atom. The van der Waals surface area contributed by atoms with Gasteiger partial charge in [-0.05, 0) is 46.9 Å². The third kappa shape index (κ3) is 3.00. The summed E-state index contributed by atoms with van der Waals surface area (Å²) in [6.07, 6.45) is 3.13. The van der Waals surface area contributed by atoms with Crippen molar-refractivity contribution in [1.82, 2.24) is 20.0 Å². The zero-order valence-electron chi connectivity index (χ0n) is 12.7.